The van der Waals surface area contributed by atoms with Crippen LogP contribution in [0.5, 0.6) is 0 Å². The molecule has 1 atom stereocenters. The average Bonchev–Trinajstić information content (AvgIpc) is 2.76. The molecule has 1 aromatic carbocycles. The van der Waals surface area contributed by atoms with Crippen LogP contribution in [0.1, 0.15) is 49.0 Å². The van der Waals surface area contributed by atoms with Gasteiger partial charge in [0.05, 0.1) is 0 Å². The van der Waals surface area contributed by atoms with E-state index in [4.69, 9.17) is 0 Å². The summed E-state index contributed by atoms with van der Waals surface area (Å²) in [5, 5.41) is 4.67. The van der Waals surface area contributed by atoms with Gasteiger partial charge in [0, 0.05) is 22.6 Å². The zero-order chi connectivity index (χ0) is 13.4. The second kappa shape index (κ2) is 4.97. The van der Waals surface area contributed by atoms with Gasteiger partial charge < -0.3 is 10.3 Å². The van der Waals surface area contributed by atoms with E-state index in [2.05, 4.69) is 17.2 Å². The zero-order valence-electron chi connectivity index (χ0n) is 11.6. The second-order valence-electron chi connectivity index (χ2n) is 5.56. The van der Waals surface area contributed by atoms with Crippen LogP contribution >= 0.6 is 0 Å². The van der Waals surface area contributed by atoms with Crippen molar-refractivity contribution in [1.29, 1.82) is 0 Å². The van der Waals surface area contributed by atoms with Crippen molar-refractivity contribution in [2.45, 2.75) is 45.6 Å². The molecule has 1 unspecified atom stereocenters. The molecular weight excluding hydrogens is 239 g/mol. The SMILES string of the molecule is CCCNC1CCCc2[nH]c3c(C)cc(F)cc3c21. The molecule has 3 rings (SSSR count). The third kappa shape index (κ3) is 2.16. The van der Waals surface area contributed by atoms with Gasteiger partial charge in [-0.05, 0) is 62.4 Å². The summed E-state index contributed by atoms with van der Waals surface area (Å²) >= 11 is 0. The van der Waals surface area contributed by atoms with Crippen molar-refractivity contribution in [3.05, 3.63) is 34.8 Å². The Morgan fingerprint density at radius 1 is 1.42 bits per heavy atom. The highest BCUT2D eigenvalue weighted by atomic mass is 19.1. The third-order valence-corrected chi connectivity index (χ3v) is 4.10. The highest BCUT2D eigenvalue weighted by Gasteiger charge is 2.24. The number of aromatic amines is 1. The van der Waals surface area contributed by atoms with Gasteiger partial charge in [-0.15, -0.1) is 0 Å². The van der Waals surface area contributed by atoms with E-state index in [1.807, 2.05) is 6.92 Å². The molecule has 0 aliphatic heterocycles. The summed E-state index contributed by atoms with van der Waals surface area (Å²) in [6, 6.07) is 3.67. The van der Waals surface area contributed by atoms with Crippen molar-refractivity contribution in [3.8, 4) is 0 Å². The monoisotopic (exact) mass is 260 g/mol. The Labute approximate surface area is 113 Å². The number of aryl methyl sites for hydroxylation is 2. The molecule has 1 aliphatic carbocycles. The number of fused-ring (bicyclic) bond motifs is 3. The standard InChI is InChI=1S/C16H21FN2/c1-3-7-18-13-5-4-6-14-15(13)12-9-11(17)8-10(2)16(12)19-14/h8-9,13,18-19H,3-7H2,1-2H3. The first-order valence-corrected chi connectivity index (χ1v) is 7.24. The van der Waals surface area contributed by atoms with Gasteiger partial charge in [0.1, 0.15) is 5.82 Å². The van der Waals surface area contributed by atoms with Gasteiger partial charge in [-0.2, -0.15) is 0 Å². The molecule has 0 amide bonds. The smallest absolute Gasteiger partial charge is 0.124 e. The number of aromatic nitrogens is 1. The number of H-pyrrole nitrogens is 1. The van der Waals surface area contributed by atoms with E-state index < -0.39 is 0 Å². The predicted octanol–water partition coefficient (Wildman–Crippen LogP) is 3.99. The molecule has 0 fully saturated rings. The van der Waals surface area contributed by atoms with E-state index >= 15 is 0 Å². The molecule has 1 aromatic heterocycles. The average molecular weight is 260 g/mol. The largest absolute Gasteiger partial charge is 0.358 e. The van der Waals surface area contributed by atoms with Crippen LogP contribution in [0.25, 0.3) is 10.9 Å². The number of nitrogens with one attached hydrogen (secondary N) is 2. The lowest BCUT2D eigenvalue weighted by Gasteiger charge is -2.24. The lowest BCUT2D eigenvalue weighted by atomic mass is 9.90. The second-order valence-corrected chi connectivity index (χ2v) is 5.56. The Bertz CT molecular complexity index is 600. The summed E-state index contributed by atoms with van der Waals surface area (Å²) in [5.41, 5.74) is 4.70. The van der Waals surface area contributed by atoms with Gasteiger partial charge >= 0.3 is 0 Å². The molecule has 0 saturated heterocycles. The predicted molar refractivity (Wildman–Crippen MR) is 77.0 cm³/mol. The lowest BCUT2D eigenvalue weighted by Crippen LogP contribution is -2.25. The van der Waals surface area contributed by atoms with E-state index in [1.54, 1.807) is 12.1 Å². The molecule has 0 saturated carbocycles. The first-order valence-electron chi connectivity index (χ1n) is 7.24. The normalized spacial score (nSPS) is 18.8. The Morgan fingerprint density at radius 2 is 2.26 bits per heavy atom. The maximum atomic E-state index is 13.7. The van der Waals surface area contributed by atoms with Crippen molar-refractivity contribution in [2.24, 2.45) is 0 Å². The van der Waals surface area contributed by atoms with Gasteiger partial charge in [0.2, 0.25) is 0 Å². The Hall–Kier alpha value is -1.35. The molecule has 0 spiro atoms. The van der Waals surface area contributed by atoms with Gasteiger partial charge in [-0.25, -0.2) is 4.39 Å². The molecule has 19 heavy (non-hydrogen) atoms. The van der Waals surface area contributed by atoms with Crippen LogP contribution in [0, 0.1) is 12.7 Å². The number of benzene rings is 1. The van der Waals surface area contributed by atoms with Crippen LogP contribution in [0.3, 0.4) is 0 Å². The summed E-state index contributed by atoms with van der Waals surface area (Å²) in [5.74, 6) is -0.133. The van der Waals surface area contributed by atoms with E-state index in [1.165, 1.54) is 17.7 Å². The molecule has 0 bridgehead atoms. The third-order valence-electron chi connectivity index (χ3n) is 4.10. The molecule has 102 valence electrons. The minimum atomic E-state index is -0.133. The summed E-state index contributed by atoms with van der Waals surface area (Å²) in [6.45, 7) is 5.17. The summed E-state index contributed by atoms with van der Waals surface area (Å²) < 4.78 is 13.7. The van der Waals surface area contributed by atoms with E-state index in [9.17, 15) is 4.39 Å². The minimum absolute atomic E-state index is 0.133. The molecule has 2 aromatic rings. The molecule has 1 aliphatic rings. The quantitative estimate of drug-likeness (QED) is 0.858. The van der Waals surface area contributed by atoms with Crippen molar-refractivity contribution in [3.63, 3.8) is 0 Å². The maximum Gasteiger partial charge on any atom is 0.124 e. The fourth-order valence-electron chi connectivity index (χ4n) is 3.25. The van der Waals surface area contributed by atoms with Gasteiger partial charge in [0.15, 0.2) is 0 Å². The van der Waals surface area contributed by atoms with Gasteiger partial charge in [-0.3, -0.25) is 0 Å². The maximum absolute atomic E-state index is 13.7. The summed E-state index contributed by atoms with van der Waals surface area (Å²) in [6.07, 6.45) is 4.55. The highest BCUT2D eigenvalue weighted by molar-refractivity contribution is 5.88. The van der Waals surface area contributed by atoms with Crippen LogP contribution in [0.15, 0.2) is 12.1 Å². The van der Waals surface area contributed by atoms with Crippen molar-refractivity contribution in [2.75, 3.05) is 6.54 Å². The molecule has 1 heterocycles. The number of hydrogen-bond acceptors (Lipinski definition) is 1. The van der Waals surface area contributed by atoms with Crippen LogP contribution in [0.2, 0.25) is 0 Å². The Kier molecular flexibility index (Phi) is 3.31. The zero-order valence-corrected chi connectivity index (χ0v) is 11.6. The van der Waals surface area contributed by atoms with Gasteiger partial charge in [0.25, 0.3) is 0 Å². The van der Waals surface area contributed by atoms with E-state index in [0.717, 1.165) is 42.3 Å². The number of rotatable bonds is 3. The fourth-order valence-corrected chi connectivity index (χ4v) is 3.25. The minimum Gasteiger partial charge on any atom is -0.358 e. The molecule has 2 nitrogen and oxygen atoms in total. The topological polar surface area (TPSA) is 27.8 Å². The lowest BCUT2D eigenvalue weighted by molar-refractivity contribution is 0.461. The Balaban J connectivity index is 2.13. The van der Waals surface area contributed by atoms with E-state index in [0.29, 0.717) is 6.04 Å². The first-order chi connectivity index (χ1) is 9.20. The molecular formula is C16H21FN2. The Morgan fingerprint density at radius 3 is 3.05 bits per heavy atom. The van der Waals surface area contributed by atoms with Crippen molar-refractivity contribution < 1.29 is 4.39 Å². The van der Waals surface area contributed by atoms with Crippen LogP contribution < -0.4 is 5.32 Å². The van der Waals surface area contributed by atoms with E-state index in [-0.39, 0.29) is 5.82 Å². The summed E-state index contributed by atoms with van der Waals surface area (Å²) in [7, 11) is 0. The van der Waals surface area contributed by atoms with Crippen molar-refractivity contribution >= 4 is 10.9 Å². The summed E-state index contributed by atoms with van der Waals surface area (Å²) in [4.78, 5) is 3.51. The molecule has 3 heteroatoms. The molecule has 2 N–H and O–H groups in total. The highest BCUT2D eigenvalue weighted by Crippen LogP contribution is 2.37. The number of halogens is 1. The number of hydrogen-bond donors (Lipinski definition) is 2. The molecule has 0 radical (unpaired) electrons. The van der Waals surface area contributed by atoms with Crippen LogP contribution in [-0.4, -0.2) is 11.5 Å². The first kappa shape index (κ1) is 12.7. The van der Waals surface area contributed by atoms with Crippen LogP contribution in [0.4, 0.5) is 4.39 Å². The fraction of sp³-hybridized carbons (Fsp3) is 0.500. The van der Waals surface area contributed by atoms with Gasteiger partial charge in [-0.1, -0.05) is 6.92 Å². The van der Waals surface area contributed by atoms with Crippen LogP contribution in [-0.2, 0) is 6.42 Å². The van der Waals surface area contributed by atoms with Crippen molar-refractivity contribution in [1.82, 2.24) is 10.3 Å².